The van der Waals surface area contributed by atoms with Crippen LogP contribution in [0.1, 0.15) is 11.1 Å². The van der Waals surface area contributed by atoms with E-state index in [-0.39, 0.29) is 5.56 Å². The third-order valence-electron chi connectivity index (χ3n) is 3.05. The number of anilines is 1. The lowest BCUT2D eigenvalue weighted by Gasteiger charge is -2.12. The van der Waals surface area contributed by atoms with Gasteiger partial charge < -0.3 is 15.0 Å². The number of nitrogens with two attached hydrogens (primary N) is 1. The molecule has 1 aromatic carbocycles. The van der Waals surface area contributed by atoms with Crippen molar-refractivity contribution in [3.8, 4) is 5.75 Å². The van der Waals surface area contributed by atoms with Gasteiger partial charge in [-0.25, -0.2) is 0 Å². The predicted octanol–water partition coefficient (Wildman–Crippen LogP) is 2.13. The molecule has 0 atom stereocenters. The SMILES string of the molecule is Cc1cc(OCCn2ccccc2=O)c(C)cc1N. The fraction of sp³-hybridized carbons (Fsp3) is 0.267. The summed E-state index contributed by atoms with van der Waals surface area (Å²) in [5.41, 5.74) is 8.58. The van der Waals surface area contributed by atoms with Gasteiger partial charge in [0.2, 0.25) is 0 Å². The molecule has 2 N–H and O–H groups in total. The minimum atomic E-state index is -0.0173. The molecule has 19 heavy (non-hydrogen) atoms. The van der Waals surface area contributed by atoms with Gasteiger partial charge >= 0.3 is 0 Å². The predicted molar refractivity (Wildman–Crippen MR) is 76.5 cm³/mol. The van der Waals surface area contributed by atoms with Gasteiger partial charge in [0.05, 0.1) is 6.54 Å². The van der Waals surface area contributed by atoms with Crippen LogP contribution in [0.2, 0.25) is 0 Å². The molecule has 0 saturated heterocycles. The van der Waals surface area contributed by atoms with E-state index in [9.17, 15) is 4.79 Å². The van der Waals surface area contributed by atoms with Gasteiger partial charge in [-0.1, -0.05) is 6.07 Å². The molecule has 100 valence electrons. The normalized spacial score (nSPS) is 10.4. The van der Waals surface area contributed by atoms with E-state index in [1.807, 2.05) is 32.0 Å². The van der Waals surface area contributed by atoms with E-state index in [0.29, 0.717) is 13.2 Å². The molecule has 0 fully saturated rings. The van der Waals surface area contributed by atoms with Gasteiger partial charge in [-0.05, 0) is 43.2 Å². The van der Waals surface area contributed by atoms with Crippen molar-refractivity contribution < 1.29 is 4.74 Å². The maximum atomic E-state index is 11.5. The van der Waals surface area contributed by atoms with E-state index in [0.717, 1.165) is 22.6 Å². The summed E-state index contributed by atoms with van der Waals surface area (Å²) in [5.74, 6) is 0.815. The molecule has 0 radical (unpaired) electrons. The molecular formula is C15H18N2O2. The largest absolute Gasteiger partial charge is 0.491 e. The Bertz CT molecular complexity index is 632. The van der Waals surface area contributed by atoms with Gasteiger partial charge in [-0.3, -0.25) is 4.79 Å². The van der Waals surface area contributed by atoms with Crippen molar-refractivity contribution in [2.24, 2.45) is 0 Å². The van der Waals surface area contributed by atoms with Gasteiger partial charge in [0.15, 0.2) is 0 Å². The van der Waals surface area contributed by atoms with Crippen LogP contribution in [0.15, 0.2) is 41.3 Å². The monoisotopic (exact) mass is 258 g/mol. The maximum absolute atomic E-state index is 11.5. The fourth-order valence-corrected chi connectivity index (χ4v) is 1.87. The van der Waals surface area contributed by atoms with Crippen molar-refractivity contribution >= 4 is 5.69 Å². The Morgan fingerprint density at radius 1 is 1.21 bits per heavy atom. The highest BCUT2D eigenvalue weighted by Crippen LogP contribution is 2.24. The standard InChI is InChI=1S/C15H18N2O2/c1-11-10-14(12(2)9-13(11)16)19-8-7-17-6-4-3-5-15(17)18/h3-6,9-10H,7-8,16H2,1-2H3. The maximum Gasteiger partial charge on any atom is 0.250 e. The van der Waals surface area contributed by atoms with Gasteiger partial charge in [-0.2, -0.15) is 0 Å². The summed E-state index contributed by atoms with van der Waals surface area (Å²) in [5, 5.41) is 0. The Labute approximate surface area is 112 Å². The van der Waals surface area contributed by atoms with Crippen molar-refractivity contribution in [3.63, 3.8) is 0 Å². The van der Waals surface area contributed by atoms with Crippen molar-refractivity contribution in [1.29, 1.82) is 0 Å². The first-order chi connectivity index (χ1) is 9.08. The molecule has 0 aliphatic rings. The van der Waals surface area contributed by atoms with E-state index < -0.39 is 0 Å². The quantitative estimate of drug-likeness (QED) is 0.855. The molecule has 2 rings (SSSR count). The molecular weight excluding hydrogens is 240 g/mol. The molecule has 2 aromatic rings. The molecule has 0 aliphatic carbocycles. The molecule has 0 spiro atoms. The molecule has 1 heterocycles. The van der Waals surface area contributed by atoms with Gasteiger partial charge in [0, 0.05) is 18.0 Å². The zero-order valence-electron chi connectivity index (χ0n) is 11.2. The van der Waals surface area contributed by atoms with Crippen LogP contribution >= 0.6 is 0 Å². The number of rotatable bonds is 4. The van der Waals surface area contributed by atoms with Crippen molar-refractivity contribution in [1.82, 2.24) is 4.57 Å². The van der Waals surface area contributed by atoms with Crippen LogP contribution < -0.4 is 16.0 Å². The summed E-state index contributed by atoms with van der Waals surface area (Å²) in [7, 11) is 0. The first-order valence-electron chi connectivity index (χ1n) is 6.23. The molecule has 4 nitrogen and oxygen atoms in total. The average Bonchev–Trinajstić information content (AvgIpc) is 2.38. The van der Waals surface area contributed by atoms with Crippen molar-refractivity contribution in [2.45, 2.75) is 20.4 Å². The smallest absolute Gasteiger partial charge is 0.250 e. The lowest BCUT2D eigenvalue weighted by molar-refractivity contribution is 0.294. The van der Waals surface area contributed by atoms with Crippen molar-refractivity contribution in [2.75, 3.05) is 12.3 Å². The Morgan fingerprint density at radius 2 is 2.00 bits per heavy atom. The van der Waals surface area contributed by atoms with Crippen LogP contribution in [0.3, 0.4) is 0 Å². The van der Waals surface area contributed by atoms with E-state index in [2.05, 4.69) is 0 Å². The molecule has 1 aromatic heterocycles. The average molecular weight is 258 g/mol. The summed E-state index contributed by atoms with van der Waals surface area (Å²) >= 11 is 0. The Balaban J connectivity index is 2.02. The summed E-state index contributed by atoms with van der Waals surface area (Å²) < 4.78 is 7.34. The summed E-state index contributed by atoms with van der Waals surface area (Å²) in [6, 6.07) is 8.93. The summed E-state index contributed by atoms with van der Waals surface area (Å²) in [6.45, 7) is 4.89. The van der Waals surface area contributed by atoms with Gasteiger partial charge in [0.1, 0.15) is 12.4 Å². The van der Waals surface area contributed by atoms with Crippen LogP contribution in [0.25, 0.3) is 0 Å². The fourth-order valence-electron chi connectivity index (χ4n) is 1.87. The second kappa shape index (κ2) is 5.61. The zero-order chi connectivity index (χ0) is 13.8. The third kappa shape index (κ3) is 3.16. The van der Waals surface area contributed by atoms with Crippen LogP contribution in [-0.2, 0) is 6.54 Å². The number of hydrogen-bond donors (Lipinski definition) is 1. The van der Waals surface area contributed by atoms with Crippen LogP contribution in [-0.4, -0.2) is 11.2 Å². The highest BCUT2D eigenvalue weighted by Gasteiger charge is 2.03. The van der Waals surface area contributed by atoms with E-state index in [1.54, 1.807) is 22.9 Å². The molecule has 0 unspecified atom stereocenters. The van der Waals surface area contributed by atoms with Crippen LogP contribution in [0.4, 0.5) is 5.69 Å². The van der Waals surface area contributed by atoms with Gasteiger partial charge in [-0.15, -0.1) is 0 Å². The minimum absolute atomic E-state index is 0.0173. The van der Waals surface area contributed by atoms with E-state index in [4.69, 9.17) is 10.5 Å². The second-order valence-electron chi connectivity index (χ2n) is 4.56. The summed E-state index contributed by atoms with van der Waals surface area (Å²) in [4.78, 5) is 11.5. The molecule has 0 saturated carbocycles. The minimum Gasteiger partial charge on any atom is -0.491 e. The van der Waals surface area contributed by atoms with Gasteiger partial charge in [0.25, 0.3) is 5.56 Å². The number of ether oxygens (including phenoxy) is 1. The Kier molecular flexibility index (Phi) is 3.90. The first-order valence-corrected chi connectivity index (χ1v) is 6.23. The Morgan fingerprint density at radius 3 is 2.74 bits per heavy atom. The first kappa shape index (κ1) is 13.2. The number of aromatic nitrogens is 1. The number of aryl methyl sites for hydroxylation is 2. The second-order valence-corrected chi connectivity index (χ2v) is 4.56. The number of pyridine rings is 1. The zero-order valence-corrected chi connectivity index (χ0v) is 11.2. The number of benzene rings is 1. The van der Waals surface area contributed by atoms with Crippen LogP contribution in [0.5, 0.6) is 5.75 Å². The third-order valence-corrected chi connectivity index (χ3v) is 3.05. The molecule has 0 bridgehead atoms. The Hall–Kier alpha value is -2.23. The topological polar surface area (TPSA) is 57.2 Å². The van der Waals surface area contributed by atoms with E-state index in [1.165, 1.54) is 0 Å². The lowest BCUT2D eigenvalue weighted by Crippen LogP contribution is -2.21. The number of nitrogens with zero attached hydrogens (tertiary/aromatic N) is 1. The summed E-state index contributed by atoms with van der Waals surface area (Å²) in [6.07, 6.45) is 1.76. The molecule has 0 aliphatic heterocycles. The molecule has 4 heteroatoms. The highest BCUT2D eigenvalue weighted by molar-refractivity contribution is 5.53. The lowest BCUT2D eigenvalue weighted by atomic mass is 10.1. The number of nitrogen functional groups attached to an aromatic ring is 1. The molecule has 0 amide bonds. The van der Waals surface area contributed by atoms with E-state index >= 15 is 0 Å². The van der Waals surface area contributed by atoms with Crippen molar-refractivity contribution in [3.05, 3.63) is 58.0 Å². The van der Waals surface area contributed by atoms with Crippen LogP contribution in [0, 0.1) is 13.8 Å². The highest BCUT2D eigenvalue weighted by atomic mass is 16.5. The number of hydrogen-bond acceptors (Lipinski definition) is 3.